The van der Waals surface area contributed by atoms with Crippen LogP contribution in [0.1, 0.15) is 75.3 Å². The molecule has 1 saturated carbocycles. The van der Waals surface area contributed by atoms with E-state index in [2.05, 4.69) is 34.3 Å². The van der Waals surface area contributed by atoms with Crippen molar-refractivity contribution < 1.29 is 13.2 Å². The van der Waals surface area contributed by atoms with E-state index in [0.717, 1.165) is 5.56 Å². The Hall–Kier alpha value is -1.40. The fraction of sp³-hybridized carbons (Fsp3) is 0.650. The zero-order valence-corrected chi connectivity index (χ0v) is 16.5. The maximum atomic E-state index is 12.3. The summed E-state index contributed by atoms with van der Waals surface area (Å²) >= 11 is 0. The van der Waals surface area contributed by atoms with Gasteiger partial charge in [0.15, 0.2) is 0 Å². The van der Waals surface area contributed by atoms with Crippen LogP contribution < -0.4 is 10.0 Å². The molecule has 0 aromatic heterocycles. The number of carbonyl (C=O) groups is 1. The Bertz CT molecular complexity index is 722. The number of nitrogens with one attached hydrogen (secondary N) is 2. The monoisotopic (exact) mass is 378 g/mol. The van der Waals surface area contributed by atoms with Crippen molar-refractivity contribution in [1.82, 2.24) is 10.0 Å². The second-order valence-corrected chi connectivity index (χ2v) is 10.2. The molecule has 3 rings (SSSR count). The Balaban J connectivity index is 1.78. The fourth-order valence-electron chi connectivity index (χ4n) is 4.05. The Morgan fingerprint density at radius 1 is 1.04 bits per heavy atom. The van der Waals surface area contributed by atoms with Crippen molar-refractivity contribution in [2.45, 2.75) is 75.5 Å². The number of hydrogen-bond acceptors (Lipinski definition) is 3. The highest BCUT2D eigenvalue weighted by molar-refractivity contribution is 7.90. The molecule has 0 bridgehead atoms. The summed E-state index contributed by atoms with van der Waals surface area (Å²) in [7, 11) is -3.38. The number of amides is 1. The van der Waals surface area contributed by atoms with Crippen molar-refractivity contribution in [2.75, 3.05) is 6.54 Å². The first-order chi connectivity index (χ1) is 12.4. The Kier molecular flexibility index (Phi) is 6.03. The summed E-state index contributed by atoms with van der Waals surface area (Å²) in [6.07, 6.45) is 6.75. The van der Waals surface area contributed by atoms with E-state index in [1.807, 2.05) is 0 Å². The molecule has 144 valence electrons. The van der Waals surface area contributed by atoms with E-state index >= 15 is 0 Å². The summed E-state index contributed by atoms with van der Waals surface area (Å²) in [5.74, 6) is 0.492. The molecule has 2 aliphatic rings. The van der Waals surface area contributed by atoms with Gasteiger partial charge in [0.2, 0.25) is 15.9 Å². The standard InChI is InChI=1S/C20H30N2O3S/c1-14(2)26(24,25)22-19-13-21-20(23)12-18(19)17-10-8-16(9-11-17)15-6-4-3-5-7-15/h8-11,14-15,18-19,22H,3-7,12-13H2,1-2H3,(H,21,23). The molecule has 2 atom stereocenters. The van der Waals surface area contributed by atoms with Crippen molar-refractivity contribution in [1.29, 1.82) is 0 Å². The molecule has 5 nitrogen and oxygen atoms in total. The van der Waals surface area contributed by atoms with E-state index < -0.39 is 15.3 Å². The zero-order chi connectivity index (χ0) is 18.7. The van der Waals surface area contributed by atoms with Crippen LogP contribution in [0.25, 0.3) is 0 Å². The molecule has 2 unspecified atom stereocenters. The van der Waals surface area contributed by atoms with Gasteiger partial charge in [0.1, 0.15) is 0 Å². The van der Waals surface area contributed by atoms with E-state index in [0.29, 0.717) is 18.9 Å². The van der Waals surface area contributed by atoms with Crippen molar-refractivity contribution in [3.8, 4) is 0 Å². The number of sulfonamides is 1. The molecule has 1 aliphatic heterocycles. The second-order valence-electron chi connectivity index (χ2n) is 7.93. The second kappa shape index (κ2) is 8.09. The third-order valence-electron chi connectivity index (χ3n) is 5.79. The number of benzene rings is 1. The quantitative estimate of drug-likeness (QED) is 0.827. The smallest absolute Gasteiger partial charge is 0.220 e. The minimum absolute atomic E-state index is 0.0219. The van der Waals surface area contributed by atoms with E-state index in [9.17, 15) is 13.2 Å². The van der Waals surface area contributed by atoms with Gasteiger partial charge in [-0.25, -0.2) is 13.1 Å². The molecular weight excluding hydrogens is 348 g/mol. The highest BCUT2D eigenvalue weighted by Gasteiger charge is 2.34. The van der Waals surface area contributed by atoms with Crippen LogP contribution in [0.3, 0.4) is 0 Å². The Morgan fingerprint density at radius 2 is 1.65 bits per heavy atom. The summed E-state index contributed by atoms with van der Waals surface area (Å²) in [6.45, 7) is 3.66. The lowest BCUT2D eigenvalue weighted by Gasteiger charge is -2.33. The van der Waals surface area contributed by atoms with Gasteiger partial charge in [0.25, 0.3) is 0 Å². The molecule has 6 heteroatoms. The highest BCUT2D eigenvalue weighted by atomic mass is 32.2. The van der Waals surface area contributed by atoms with Crippen LogP contribution in [0.5, 0.6) is 0 Å². The molecular formula is C20H30N2O3S. The largest absolute Gasteiger partial charge is 0.354 e. The Labute approximate surface area is 157 Å². The molecule has 1 aromatic carbocycles. The van der Waals surface area contributed by atoms with Gasteiger partial charge < -0.3 is 5.32 Å². The molecule has 1 aromatic rings. The van der Waals surface area contributed by atoms with Crippen molar-refractivity contribution in [2.24, 2.45) is 0 Å². The predicted octanol–water partition coefficient (Wildman–Crippen LogP) is 3.03. The molecule has 2 N–H and O–H groups in total. The van der Waals surface area contributed by atoms with Crippen LogP contribution in [-0.4, -0.2) is 32.2 Å². The summed E-state index contributed by atoms with van der Waals surface area (Å²) in [5, 5.41) is 2.30. The van der Waals surface area contributed by atoms with E-state index in [1.54, 1.807) is 13.8 Å². The SMILES string of the molecule is CC(C)S(=O)(=O)NC1CNC(=O)CC1c1ccc(C2CCCCC2)cc1. The molecule has 1 aliphatic carbocycles. The molecule has 1 saturated heterocycles. The lowest BCUT2D eigenvalue weighted by Crippen LogP contribution is -2.53. The summed E-state index contributed by atoms with van der Waals surface area (Å²) < 4.78 is 27.4. The average molecular weight is 379 g/mol. The van der Waals surface area contributed by atoms with E-state index in [4.69, 9.17) is 0 Å². The molecule has 26 heavy (non-hydrogen) atoms. The van der Waals surface area contributed by atoms with E-state index in [-0.39, 0.29) is 17.9 Å². The fourth-order valence-corrected chi connectivity index (χ4v) is 4.99. The molecule has 1 heterocycles. The average Bonchev–Trinajstić information content (AvgIpc) is 2.64. The van der Waals surface area contributed by atoms with Gasteiger partial charge in [0, 0.05) is 24.9 Å². The van der Waals surface area contributed by atoms with Gasteiger partial charge in [-0.1, -0.05) is 43.5 Å². The maximum Gasteiger partial charge on any atom is 0.220 e. The number of rotatable bonds is 5. The first-order valence-electron chi connectivity index (χ1n) is 9.74. The highest BCUT2D eigenvalue weighted by Crippen LogP contribution is 2.34. The topological polar surface area (TPSA) is 75.3 Å². The van der Waals surface area contributed by atoms with Crippen LogP contribution in [0.15, 0.2) is 24.3 Å². The normalized spacial score (nSPS) is 25.3. The van der Waals surface area contributed by atoms with Gasteiger partial charge >= 0.3 is 0 Å². The van der Waals surface area contributed by atoms with Crippen LogP contribution in [0, 0.1) is 0 Å². The lowest BCUT2D eigenvalue weighted by atomic mass is 9.82. The summed E-state index contributed by atoms with van der Waals surface area (Å²) in [6, 6.07) is 8.21. The third-order valence-corrected chi connectivity index (χ3v) is 7.66. The lowest BCUT2D eigenvalue weighted by molar-refractivity contribution is -0.123. The van der Waals surface area contributed by atoms with Gasteiger partial charge in [-0.3, -0.25) is 4.79 Å². The van der Waals surface area contributed by atoms with Crippen molar-refractivity contribution >= 4 is 15.9 Å². The van der Waals surface area contributed by atoms with Crippen LogP contribution in [0.2, 0.25) is 0 Å². The number of piperidine rings is 1. The Morgan fingerprint density at radius 3 is 2.27 bits per heavy atom. The van der Waals surface area contributed by atoms with Crippen molar-refractivity contribution in [3.05, 3.63) is 35.4 Å². The first-order valence-corrected chi connectivity index (χ1v) is 11.3. The summed E-state index contributed by atoms with van der Waals surface area (Å²) in [5.41, 5.74) is 2.41. The number of carbonyl (C=O) groups excluding carboxylic acids is 1. The minimum Gasteiger partial charge on any atom is -0.354 e. The number of hydrogen-bond donors (Lipinski definition) is 2. The van der Waals surface area contributed by atoms with Gasteiger partial charge in [0.05, 0.1) is 5.25 Å². The van der Waals surface area contributed by atoms with Crippen LogP contribution in [-0.2, 0) is 14.8 Å². The first kappa shape index (κ1) is 19.4. The van der Waals surface area contributed by atoms with E-state index in [1.165, 1.54) is 37.7 Å². The predicted molar refractivity (Wildman–Crippen MR) is 104 cm³/mol. The molecule has 1 amide bonds. The van der Waals surface area contributed by atoms with Crippen LogP contribution >= 0.6 is 0 Å². The van der Waals surface area contributed by atoms with Crippen LogP contribution in [0.4, 0.5) is 0 Å². The maximum absolute atomic E-state index is 12.3. The zero-order valence-electron chi connectivity index (χ0n) is 15.7. The van der Waals surface area contributed by atoms with Gasteiger partial charge in [-0.15, -0.1) is 0 Å². The van der Waals surface area contributed by atoms with Gasteiger partial charge in [-0.05, 0) is 43.7 Å². The van der Waals surface area contributed by atoms with Crippen molar-refractivity contribution in [3.63, 3.8) is 0 Å². The molecule has 0 spiro atoms. The third kappa shape index (κ3) is 4.46. The molecule has 2 fully saturated rings. The summed E-state index contributed by atoms with van der Waals surface area (Å²) in [4.78, 5) is 11.9. The van der Waals surface area contributed by atoms with Gasteiger partial charge in [-0.2, -0.15) is 0 Å². The minimum atomic E-state index is -3.38. The molecule has 0 radical (unpaired) electrons.